The van der Waals surface area contributed by atoms with Crippen molar-refractivity contribution in [1.29, 1.82) is 0 Å². The van der Waals surface area contributed by atoms with Gasteiger partial charge in [-0.3, -0.25) is 4.68 Å². The minimum absolute atomic E-state index is 0.224. The summed E-state index contributed by atoms with van der Waals surface area (Å²) in [5.41, 5.74) is 1.63. The molecule has 2 heterocycles. The van der Waals surface area contributed by atoms with Crippen LogP contribution >= 0.6 is 22.9 Å². The Balaban J connectivity index is 1.65. The van der Waals surface area contributed by atoms with Crippen LogP contribution in [0.5, 0.6) is 0 Å². The van der Waals surface area contributed by atoms with Gasteiger partial charge in [0.05, 0.1) is 11.1 Å². The van der Waals surface area contributed by atoms with Crippen molar-refractivity contribution in [3.8, 4) is 10.4 Å². The summed E-state index contributed by atoms with van der Waals surface area (Å²) in [5, 5.41) is 4.61. The Morgan fingerprint density at radius 3 is 2.80 bits per heavy atom. The topological polar surface area (TPSA) is 64.0 Å². The van der Waals surface area contributed by atoms with E-state index in [1.54, 1.807) is 41.1 Å². The van der Waals surface area contributed by atoms with Crippen molar-refractivity contribution in [2.45, 2.75) is 18.2 Å². The molecule has 3 rings (SSSR count). The number of nitrogens with one attached hydrogen (secondary N) is 1. The molecule has 1 aromatic carbocycles. The van der Waals surface area contributed by atoms with E-state index in [1.165, 1.54) is 0 Å². The number of aromatic nitrogens is 2. The lowest BCUT2D eigenvalue weighted by Gasteiger charge is -2.09. The molecule has 0 spiro atoms. The lowest BCUT2D eigenvalue weighted by molar-refractivity contribution is 0.581. The molecule has 132 valence electrons. The molecule has 0 unspecified atom stereocenters. The fourth-order valence-electron chi connectivity index (χ4n) is 2.48. The normalized spacial score (nSPS) is 11.8. The second kappa shape index (κ2) is 7.29. The predicted octanol–water partition coefficient (Wildman–Crippen LogP) is 3.63. The third-order valence-electron chi connectivity index (χ3n) is 3.82. The number of nitrogens with zero attached hydrogens (tertiary/aromatic N) is 2. The number of aryl methyl sites for hydroxylation is 1. The number of halogens is 1. The van der Waals surface area contributed by atoms with E-state index in [2.05, 4.69) is 9.82 Å². The summed E-state index contributed by atoms with van der Waals surface area (Å²) in [5.74, 6) is 0. The number of benzene rings is 1. The van der Waals surface area contributed by atoms with Crippen molar-refractivity contribution in [2.75, 3.05) is 6.54 Å². The van der Waals surface area contributed by atoms with Crippen LogP contribution in [0.3, 0.4) is 0 Å². The summed E-state index contributed by atoms with van der Waals surface area (Å²) in [6.07, 6.45) is 4.41. The molecular formula is C17H18ClN3O2S2. The van der Waals surface area contributed by atoms with E-state index in [0.29, 0.717) is 23.6 Å². The van der Waals surface area contributed by atoms with Gasteiger partial charge in [-0.15, -0.1) is 11.3 Å². The molecule has 0 aliphatic rings. The SMILES string of the molecule is Cc1c(Cl)cccc1S(=O)(=O)NCCc1ccc(-c2cnn(C)c2)s1. The molecule has 0 saturated carbocycles. The Kier molecular flexibility index (Phi) is 5.29. The standard InChI is InChI=1S/C17H18ClN3O2S2/c1-12-15(18)4-3-5-17(12)25(22,23)20-9-8-14-6-7-16(24-14)13-10-19-21(2)11-13/h3-7,10-11,20H,8-9H2,1-2H3. The van der Waals surface area contributed by atoms with Crippen molar-refractivity contribution in [1.82, 2.24) is 14.5 Å². The second-order valence-corrected chi connectivity index (χ2v) is 8.99. The molecule has 25 heavy (non-hydrogen) atoms. The highest BCUT2D eigenvalue weighted by Gasteiger charge is 2.17. The van der Waals surface area contributed by atoms with Crippen LogP contribution in [-0.2, 0) is 23.5 Å². The third-order valence-corrected chi connectivity index (χ3v) is 7.03. The summed E-state index contributed by atoms with van der Waals surface area (Å²) in [6.45, 7) is 2.04. The molecule has 8 heteroatoms. The van der Waals surface area contributed by atoms with Gasteiger partial charge in [-0.2, -0.15) is 5.10 Å². The third kappa shape index (κ3) is 4.12. The molecule has 0 saturated heterocycles. The van der Waals surface area contributed by atoms with Gasteiger partial charge in [-0.25, -0.2) is 13.1 Å². The summed E-state index contributed by atoms with van der Waals surface area (Å²) >= 11 is 7.66. The molecule has 5 nitrogen and oxygen atoms in total. The number of rotatable bonds is 6. The Bertz CT molecular complexity index is 993. The molecular weight excluding hydrogens is 378 g/mol. The van der Waals surface area contributed by atoms with Crippen molar-refractivity contribution < 1.29 is 8.42 Å². The quantitative estimate of drug-likeness (QED) is 0.693. The lowest BCUT2D eigenvalue weighted by Crippen LogP contribution is -2.26. The zero-order valence-electron chi connectivity index (χ0n) is 13.9. The fourth-order valence-corrected chi connectivity index (χ4v) is 4.99. The highest BCUT2D eigenvalue weighted by atomic mass is 35.5. The van der Waals surface area contributed by atoms with Crippen molar-refractivity contribution in [2.24, 2.45) is 7.05 Å². The first-order valence-electron chi connectivity index (χ1n) is 7.69. The maximum atomic E-state index is 12.4. The smallest absolute Gasteiger partial charge is 0.240 e. The Morgan fingerprint density at radius 2 is 2.08 bits per heavy atom. The highest BCUT2D eigenvalue weighted by Crippen LogP contribution is 2.28. The average Bonchev–Trinajstić information content (AvgIpc) is 3.18. The Hall–Kier alpha value is -1.67. The van der Waals surface area contributed by atoms with Gasteiger partial charge in [0.2, 0.25) is 10.0 Å². The molecule has 0 bridgehead atoms. The van der Waals surface area contributed by atoms with Gasteiger partial charge < -0.3 is 0 Å². The molecule has 0 atom stereocenters. The summed E-state index contributed by atoms with van der Waals surface area (Å²) in [4.78, 5) is 2.46. The molecule has 0 aliphatic heterocycles. The van der Waals surface area contributed by atoms with Crippen LogP contribution in [0.25, 0.3) is 10.4 Å². The van der Waals surface area contributed by atoms with Crippen molar-refractivity contribution in [3.63, 3.8) is 0 Å². The zero-order valence-corrected chi connectivity index (χ0v) is 16.2. The van der Waals surface area contributed by atoms with E-state index in [4.69, 9.17) is 11.6 Å². The van der Waals surface area contributed by atoms with E-state index in [1.807, 2.05) is 31.6 Å². The van der Waals surface area contributed by atoms with Gasteiger partial charge in [0.15, 0.2) is 0 Å². The van der Waals surface area contributed by atoms with Crippen LogP contribution in [0.15, 0.2) is 47.6 Å². The van der Waals surface area contributed by atoms with Crippen LogP contribution in [0, 0.1) is 6.92 Å². The van der Waals surface area contributed by atoms with E-state index < -0.39 is 10.0 Å². The average molecular weight is 396 g/mol. The molecule has 0 radical (unpaired) electrons. The number of hydrogen-bond donors (Lipinski definition) is 1. The van der Waals surface area contributed by atoms with Crippen LogP contribution in [0.4, 0.5) is 0 Å². The van der Waals surface area contributed by atoms with Gasteiger partial charge in [0.25, 0.3) is 0 Å². The fraction of sp³-hybridized carbons (Fsp3) is 0.235. The van der Waals surface area contributed by atoms with Crippen LogP contribution < -0.4 is 4.72 Å². The van der Waals surface area contributed by atoms with Crippen LogP contribution in [0.2, 0.25) is 5.02 Å². The van der Waals surface area contributed by atoms with Crippen molar-refractivity contribution in [3.05, 3.63) is 58.2 Å². The van der Waals surface area contributed by atoms with E-state index in [0.717, 1.165) is 15.3 Å². The summed E-state index contributed by atoms with van der Waals surface area (Å²) in [7, 11) is -1.69. The first-order chi connectivity index (χ1) is 11.9. The minimum Gasteiger partial charge on any atom is -0.275 e. The summed E-state index contributed by atoms with van der Waals surface area (Å²) < 4.78 is 29.3. The minimum atomic E-state index is -3.57. The van der Waals surface area contributed by atoms with Crippen LogP contribution in [0.1, 0.15) is 10.4 Å². The molecule has 1 N–H and O–H groups in total. The van der Waals surface area contributed by atoms with E-state index in [9.17, 15) is 8.42 Å². The predicted molar refractivity (Wildman–Crippen MR) is 102 cm³/mol. The Labute approximate surface area is 156 Å². The largest absolute Gasteiger partial charge is 0.275 e. The van der Waals surface area contributed by atoms with Gasteiger partial charge in [-0.1, -0.05) is 17.7 Å². The molecule has 0 amide bonds. The first-order valence-corrected chi connectivity index (χ1v) is 10.4. The molecule has 0 fully saturated rings. The number of thiophene rings is 1. The lowest BCUT2D eigenvalue weighted by atomic mass is 10.2. The van der Waals surface area contributed by atoms with Gasteiger partial charge >= 0.3 is 0 Å². The van der Waals surface area contributed by atoms with Crippen LogP contribution in [-0.4, -0.2) is 24.7 Å². The van der Waals surface area contributed by atoms with Crippen molar-refractivity contribution >= 4 is 33.0 Å². The molecule has 0 aliphatic carbocycles. The van der Waals surface area contributed by atoms with Gasteiger partial charge in [0, 0.05) is 40.1 Å². The number of hydrogen-bond acceptors (Lipinski definition) is 4. The molecule has 2 aromatic heterocycles. The first kappa shape index (κ1) is 18.1. The summed E-state index contributed by atoms with van der Waals surface area (Å²) in [6, 6.07) is 8.94. The zero-order chi connectivity index (χ0) is 18.0. The maximum Gasteiger partial charge on any atom is 0.240 e. The monoisotopic (exact) mass is 395 g/mol. The molecule has 3 aromatic rings. The van der Waals surface area contributed by atoms with Gasteiger partial charge in [0.1, 0.15) is 0 Å². The van der Waals surface area contributed by atoms with E-state index >= 15 is 0 Å². The number of sulfonamides is 1. The highest BCUT2D eigenvalue weighted by molar-refractivity contribution is 7.89. The second-order valence-electron chi connectivity index (χ2n) is 5.68. The van der Waals surface area contributed by atoms with E-state index in [-0.39, 0.29) is 4.90 Å². The maximum absolute atomic E-state index is 12.4. The Morgan fingerprint density at radius 1 is 1.28 bits per heavy atom. The van der Waals surface area contributed by atoms with Gasteiger partial charge in [-0.05, 0) is 43.2 Å².